The summed E-state index contributed by atoms with van der Waals surface area (Å²) < 4.78 is 5.63. The van der Waals surface area contributed by atoms with E-state index in [1.807, 2.05) is 19.9 Å². The van der Waals surface area contributed by atoms with Gasteiger partial charge >= 0.3 is 0 Å². The maximum absolute atomic E-state index is 12.3. The van der Waals surface area contributed by atoms with Gasteiger partial charge in [-0.2, -0.15) is 0 Å². The first-order chi connectivity index (χ1) is 8.60. The van der Waals surface area contributed by atoms with E-state index in [-0.39, 0.29) is 18.1 Å². The Morgan fingerprint density at radius 2 is 2.33 bits per heavy atom. The molecule has 2 unspecified atom stereocenters. The zero-order chi connectivity index (χ0) is 13.1. The van der Waals surface area contributed by atoms with Gasteiger partial charge in [-0.3, -0.25) is 9.78 Å². The first-order valence-corrected chi connectivity index (χ1v) is 6.56. The van der Waals surface area contributed by atoms with E-state index >= 15 is 0 Å². The summed E-state index contributed by atoms with van der Waals surface area (Å²) in [6.45, 7) is 5.02. The molecule has 1 fully saturated rings. The van der Waals surface area contributed by atoms with E-state index in [2.05, 4.69) is 4.98 Å². The summed E-state index contributed by atoms with van der Waals surface area (Å²) >= 11 is 5.81. The van der Waals surface area contributed by atoms with Gasteiger partial charge in [0.15, 0.2) is 0 Å². The molecular weight excluding hydrogens is 252 g/mol. The van der Waals surface area contributed by atoms with E-state index < -0.39 is 0 Å². The Hall–Kier alpha value is -1.13. The van der Waals surface area contributed by atoms with Gasteiger partial charge in [0.05, 0.1) is 23.7 Å². The van der Waals surface area contributed by atoms with Crippen LogP contribution in [0.2, 0.25) is 0 Å². The molecular formula is C13H17ClN2O2. The monoisotopic (exact) mass is 268 g/mol. The summed E-state index contributed by atoms with van der Waals surface area (Å²) in [7, 11) is 0. The van der Waals surface area contributed by atoms with Crippen LogP contribution in [-0.2, 0) is 4.74 Å². The van der Waals surface area contributed by atoms with Crippen LogP contribution >= 0.6 is 11.6 Å². The predicted molar refractivity (Wildman–Crippen MR) is 69.9 cm³/mol. The fraction of sp³-hybridized carbons (Fsp3) is 0.538. The Labute approximate surface area is 112 Å². The van der Waals surface area contributed by atoms with E-state index in [0.717, 1.165) is 5.56 Å². The number of hydrogen-bond donors (Lipinski definition) is 0. The van der Waals surface area contributed by atoms with Crippen LogP contribution in [0.1, 0.15) is 22.8 Å². The molecule has 1 aromatic heterocycles. The first-order valence-electron chi connectivity index (χ1n) is 6.02. The molecule has 0 aliphatic carbocycles. The Kier molecular flexibility index (Phi) is 4.19. The molecule has 4 nitrogen and oxygen atoms in total. The smallest absolute Gasteiger partial charge is 0.255 e. The molecule has 0 bridgehead atoms. The predicted octanol–water partition coefficient (Wildman–Crippen LogP) is 1.86. The normalized spacial score (nSPS) is 24.1. The average molecular weight is 269 g/mol. The number of morpholine rings is 1. The third-order valence-corrected chi connectivity index (χ3v) is 3.25. The second kappa shape index (κ2) is 5.67. The van der Waals surface area contributed by atoms with Crippen LogP contribution in [-0.4, -0.2) is 47.0 Å². The molecule has 2 rings (SSSR count). The highest BCUT2D eigenvalue weighted by atomic mass is 35.5. The zero-order valence-corrected chi connectivity index (χ0v) is 11.4. The van der Waals surface area contributed by atoms with Crippen LogP contribution in [0.15, 0.2) is 18.5 Å². The first kappa shape index (κ1) is 13.3. The van der Waals surface area contributed by atoms with Crippen LogP contribution in [0.5, 0.6) is 0 Å². The number of pyridine rings is 1. The molecule has 1 aliphatic rings. The highest BCUT2D eigenvalue weighted by Crippen LogP contribution is 2.15. The molecule has 18 heavy (non-hydrogen) atoms. The number of nitrogens with zero attached hydrogens (tertiary/aromatic N) is 2. The molecule has 0 saturated carbocycles. The lowest BCUT2D eigenvalue weighted by atomic mass is 10.1. The molecule has 1 saturated heterocycles. The van der Waals surface area contributed by atoms with E-state index in [1.165, 1.54) is 0 Å². The fourth-order valence-electron chi connectivity index (χ4n) is 2.15. The minimum Gasteiger partial charge on any atom is -0.370 e. The maximum Gasteiger partial charge on any atom is 0.255 e. The number of aromatic nitrogens is 1. The molecule has 0 radical (unpaired) electrons. The minimum absolute atomic E-state index is 0.00327. The van der Waals surface area contributed by atoms with Crippen molar-refractivity contribution in [2.75, 3.05) is 19.0 Å². The maximum atomic E-state index is 12.3. The molecule has 0 aromatic carbocycles. The average Bonchev–Trinajstić information content (AvgIpc) is 2.37. The number of hydrogen-bond acceptors (Lipinski definition) is 3. The third-order valence-electron chi connectivity index (χ3n) is 2.91. The van der Waals surface area contributed by atoms with Crippen LogP contribution in [0.25, 0.3) is 0 Å². The second-order valence-corrected chi connectivity index (χ2v) is 4.99. The Balaban J connectivity index is 2.13. The van der Waals surface area contributed by atoms with Gasteiger partial charge in [-0.25, -0.2) is 0 Å². The zero-order valence-electron chi connectivity index (χ0n) is 10.6. The van der Waals surface area contributed by atoms with E-state index in [9.17, 15) is 4.79 Å². The third kappa shape index (κ3) is 3.00. The molecule has 1 amide bonds. The van der Waals surface area contributed by atoms with Gasteiger partial charge in [0.25, 0.3) is 5.91 Å². The Morgan fingerprint density at radius 1 is 1.56 bits per heavy atom. The van der Waals surface area contributed by atoms with Crippen molar-refractivity contribution in [1.29, 1.82) is 0 Å². The number of carbonyl (C=O) groups is 1. The van der Waals surface area contributed by atoms with Crippen molar-refractivity contribution in [3.63, 3.8) is 0 Å². The topological polar surface area (TPSA) is 42.4 Å². The molecule has 2 atom stereocenters. The highest BCUT2D eigenvalue weighted by molar-refractivity contribution is 6.18. The number of carbonyl (C=O) groups excluding carboxylic acids is 1. The van der Waals surface area contributed by atoms with E-state index in [0.29, 0.717) is 24.5 Å². The van der Waals surface area contributed by atoms with Gasteiger partial charge in [-0.05, 0) is 25.5 Å². The lowest BCUT2D eigenvalue weighted by Gasteiger charge is -2.36. The van der Waals surface area contributed by atoms with Gasteiger partial charge in [0.2, 0.25) is 0 Å². The Bertz CT molecular complexity index is 439. The minimum atomic E-state index is -0.0860. The van der Waals surface area contributed by atoms with Crippen molar-refractivity contribution in [3.8, 4) is 0 Å². The van der Waals surface area contributed by atoms with Crippen LogP contribution < -0.4 is 0 Å². The standard InChI is InChI=1S/C13H17ClN2O2/c1-9-3-11(6-15-5-9)13(17)16-7-10(2)18-12(4-14)8-16/h3,5-6,10,12H,4,7-8H2,1-2H3. The molecule has 1 aliphatic heterocycles. The molecule has 5 heteroatoms. The summed E-state index contributed by atoms with van der Waals surface area (Å²) in [5.41, 5.74) is 1.61. The number of aryl methyl sites for hydroxylation is 1. The van der Waals surface area contributed by atoms with Gasteiger partial charge in [0, 0.05) is 25.5 Å². The van der Waals surface area contributed by atoms with Crippen molar-refractivity contribution < 1.29 is 9.53 Å². The van der Waals surface area contributed by atoms with E-state index in [4.69, 9.17) is 16.3 Å². The summed E-state index contributed by atoms with van der Waals surface area (Å²) in [6.07, 6.45) is 3.27. The SMILES string of the molecule is Cc1cncc(C(=O)N2CC(C)OC(CCl)C2)c1. The summed E-state index contributed by atoms with van der Waals surface area (Å²) in [5.74, 6) is 0.400. The number of rotatable bonds is 2. The van der Waals surface area contributed by atoms with Gasteiger partial charge in [-0.15, -0.1) is 11.6 Å². The molecule has 1 aromatic rings. The Morgan fingerprint density at radius 3 is 3.00 bits per heavy atom. The van der Waals surface area contributed by atoms with Crippen LogP contribution in [0.4, 0.5) is 0 Å². The van der Waals surface area contributed by atoms with Crippen molar-refractivity contribution in [2.24, 2.45) is 0 Å². The number of amides is 1. The summed E-state index contributed by atoms with van der Waals surface area (Å²) in [4.78, 5) is 18.2. The number of ether oxygens (including phenoxy) is 1. The van der Waals surface area contributed by atoms with Gasteiger partial charge in [0.1, 0.15) is 0 Å². The van der Waals surface area contributed by atoms with Crippen molar-refractivity contribution in [1.82, 2.24) is 9.88 Å². The second-order valence-electron chi connectivity index (χ2n) is 4.68. The molecule has 2 heterocycles. The van der Waals surface area contributed by atoms with E-state index in [1.54, 1.807) is 17.3 Å². The van der Waals surface area contributed by atoms with Gasteiger partial charge < -0.3 is 9.64 Å². The van der Waals surface area contributed by atoms with Crippen LogP contribution in [0, 0.1) is 6.92 Å². The largest absolute Gasteiger partial charge is 0.370 e. The summed E-state index contributed by atoms with van der Waals surface area (Å²) in [5, 5.41) is 0. The lowest BCUT2D eigenvalue weighted by molar-refractivity contribution is -0.0570. The number of halogens is 1. The quantitative estimate of drug-likeness (QED) is 0.769. The summed E-state index contributed by atoms with van der Waals surface area (Å²) in [6, 6.07) is 1.85. The van der Waals surface area contributed by atoms with Crippen molar-refractivity contribution in [2.45, 2.75) is 26.1 Å². The number of alkyl halides is 1. The lowest BCUT2D eigenvalue weighted by Crippen LogP contribution is -2.49. The molecule has 0 N–H and O–H groups in total. The molecule has 98 valence electrons. The van der Waals surface area contributed by atoms with Gasteiger partial charge in [-0.1, -0.05) is 0 Å². The van der Waals surface area contributed by atoms with Crippen molar-refractivity contribution >= 4 is 17.5 Å². The fourth-order valence-corrected chi connectivity index (χ4v) is 2.32. The molecule has 0 spiro atoms. The highest BCUT2D eigenvalue weighted by Gasteiger charge is 2.28. The van der Waals surface area contributed by atoms with Crippen molar-refractivity contribution in [3.05, 3.63) is 29.6 Å². The van der Waals surface area contributed by atoms with Crippen LogP contribution in [0.3, 0.4) is 0 Å².